The largest absolute Gasteiger partial charge is 0.357 e. The highest BCUT2D eigenvalue weighted by Crippen LogP contribution is 2.20. The Labute approximate surface area is 167 Å². The first kappa shape index (κ1) is 19.7. The van der Waals surface area contributed by atoms with Gasteiger partial charge in [0.2, 0.25) is 0 Å². The third kappa shape index (κ3) is 5.71. The lowest BCUT2D eigenvalue weighted by Crippen LogP contribution is -2.39. The van der Waals surface area contributed by atoms with Crippen LogP contribution in [-0.4, -0.2) is 28.8 Å². The quantitative estimate of drug-likeness (QED) is 0.468. The second-order valence-electron chi connectivity index (χ2n) is 6.82. The van der Waals surface area contributed by atoms with Gasteiger partial charge < -0.3 is 10.6 Å². The average Bonchev–Trinajstić information content (AvgIpc) is 3.15. The Morgan fingerprint density at radius 2 is 1.71 bits per heavy atom. The third-order valence-electron chi connectivity index (χ3n) is 4.78. The average molecular weight is 376 g/mol. The van der Waals surface area contributed by atoms with Crippen LogP contribution in [0.15, 0.2) is 77.9 Å². The number of benzene rings is 2. The van der Waals surface area contributed by atoms with Gasteiger partial charge in [-0.25, -0.2) is 4.99 Å². The summed E-state index contributed by atoms with van der Waals surface area (Å²) in [6, 6.07) is 23.3. The summed E-state index contributed by atoms with van der Waals surface area (Å²) in [4.78, 5) is 4.72. The van der Waals surface area contributed by atoms with Crippen LogP contribution in [0.3, 0.4) is 0 Å². The smallest absolute Gasteiger partial charge is 0.191 e. The summed E-state index contributed by atoms with van der Waals surface area (Å²) in [7, 11) is 1.94. The Bertz CT molecular complexity index is 855. The fourth-order valence-corrected chi connectivity index (χ4v) is 3.21. The van der Waals surface area contributed by atoms with Crippen molar-refractivity contribution in [2.24, 2.45) is 12.0 Å². The van der Waals surface area contributed by atoms with E-state index in [2.05, 4.69) is 83.3 Å². The van der Waals surface area contributed by atoms with E-state index in [1.165, 1.54) is 11.1 Å². The van der Waals surface area contributed by atoms with Gasteiger partial charge in [0.15, 0.2) is 5.96 Å². The molecule has 28 heavy (non-hydrogen) atoms. The minimum absolute atomic E-state index is 0.365. The summed E-state index contributed by atoms with van der Waals surface area (Å²) < 4.78 is 1.86. The summed E-state index contributed by atoms with van der Waals surface area (Å²) in [5.74, 6) is 1.20. The van der Waals surface area contributed by atoms with Crippen LogP contribution in [0.1, 0.15) is 29.7 Å². The first-order valence-corrected chi connectivity index (χ1v) is 9.84. The Balaban J connectivity index is 1.70. The van der Waals surface area contributed by atoms with E-state index in [0.717, 1.165) is 31.2 Å². The van der Waals surface area contributed by atoms with Crippen molar-refractivity contribution in [1.82, 2.24) is 20.4 Å². The Kier molecular flexibility index (Phi) is 7.24. The highest BCUT2D eigenvalue weighted by molar-refractivity contribution is 5.79. The molecule has 2 N–H and O–H groups in total. The highest BCUT2D eigenvalue weighted by Gasteiger charge is 2.13. The summed E-state index contributed by atoms with van der Waals surface area (Å²) >= 11 is 0. The van der Waals surface area contributed by atoms with Gasteiger partial charge in [-0.3, -0.25) is 4.68 Å². The van der Waals surface area contributed by atoms with E-state index in [-0.39, 0.29) is 0 Å². The van der Waals surface area contributed by atoms with Gasteiger partial charge in [-0.2, -0.15) is 5.10 Å². The molecule has 0 aliphatic rings. The fourth-order valence-electron chi connectivity index (χ4n) is 3.21. The summed E-state index contributed by atoms with van der Waals surface area (Å²) in [6.07, 6.45) is 2.79. The molecule has 0 spiro atoms. The van der Waals surface area contributed by atoms with E-state index in [1.54, 1.807) is 6.20 Å². The Morgan fingerprint density at radius 3 is 2.36 bits per heavy atom. The molecule has 3 rings (SSSR count). The van der Waals surface area contributed by atoms with Crippen molar-refractivity contribution in [3.05, 3.63) is 89.7 Å². The molecule has 0 amide bonds. The first-order chi connectivity index (χ1) is 13.8. The number of aromatic nitrogens is 2. The predicted octanol–water partition coefficient (Wildman–Crippen LogP) is 3.50. The van der Waals surface area contributed by atoms with Crippen molar-refractivity contribution in [2.75, 3.05) is 13.1 Å². The van der Waals surface area contributed by atoms with Gasteiger partial charge in [-0.05, 0) is 30.5 Å². The molecule has 0 bridgehead atoms. The van der Waals surface area contributed by atoms with E-state index >= 15 is 0 Å². The minimum Gasteiger partial charge on any atom is -0.357 e. The number of hydrogen-bond donors (Lipinski definition) is 2. The summed E-state index contributed by atoms with van der Waals surface area (Å²) in [5, 5.41) is 11.1. The molecule has 0 aliphatic carbocycles. The lowest BCUT2D eigenvalue weighted by Gasteiger charge is -2.20. The molecular formula is C23H29N5. The Hall–Kier alpha value is -3.08. The molecule has 1 unspecified atom stereocenters. The predicted molar refractivity (Wildman–Crippen MR) is 115 cm³/mol. The molecule has 0 saturated carbocycles. The minimum atomic E-state index is 0.365. The maximum Gasteiger partial charge on any atom is 0.191 e. The van der Waals surface area contributed by atoms with Crippen LogP contribution >= 0.6 is 0 Å². The van der Waals surface area contributed by atoms with Crippen LogP contribution < -0.4 is 10.6 Å². The lowest BCUT2D eigenvalue weighted by molar-refractivity contribution is 0.643. The van der Waals surface area contributed by atoms with Crippen LogP contribution in [0, 0.1) is 0 Å². The molecule has 0 saturated heterocycles. The number of nitrogens with one attached hydrogen (secondary N) is 2. The van der Waals surface area contributed by atoms with Gasteiger partial charge in [0.25, 0.3) is 0 Å². The van der Waals surface area contributed by atoms with Crippen molar-refractivity contribution >= 4 is 5.96 Å². The van der Waals surface area contributed by atoms with Crippen molar-refractivity contribution < 1.29 is 0 Å². The zero-order valence-corrected chi connectivity index (χ0v) is 16.7. The zero-order chi connectivity index (χ0) is 19.6. The second-order valence-corrected chi connectivity index (χ2v) is 6.82. The molecule has 0 radical (unpaired) electrons. The number of guanidine groups is 1. The number of nitrogens with zero attached hydrogens (tertiary/aromatic N) is 3. The standard InChI is InChI=1S/C23H29N5/c1-3-24-23(26-18-22-14-15-27-28(22)2)25-17-21(20-12-8-5-9-13-20)16-19-10-6-4-7-11-19/h4-15,21H,3,16-18H2,1-2H3,(H2,24,25,26). The molecule has 2 aromatic carbocycles. The van der Waals surface area contributed by atoms with Crippen molar-refractivity contribution in [3.63, 3.8) is 0 Å². The number of aryl methyl sites for hydroxylation is 1. The fraction of sp³-hybridized carbons (Fsp3) is 0.304. The first-order valence-electron chi connectivity index (χ1n) is 9.84. The van der Waals surface area contributed by atoms with E-state index in [1.807, 2.05) is 17.8 Å². The lowest BCUT2D eigenvalue weighted by atomic mass is 9.92. The normalized spacial score (nSPS) is 12.6. The van der Waals surface area contributed by atoms with E-state index < -0.39 is 0 Å². The van der Waals surface area contributed by atoms with Crippen molar-refractivity contribution in [2.45, 2.75) is 25.8 Å². The number of rotatable bonds is 8. The maximum absolute atomic E-state index is 4.72. The Morgan fingerprint density at radius 1 is 1.00 bits per heavy atom. The molecule has 0 aliphatic heterocycles. The van der Waals surface area contributed by atoms with Gasteiger partial charge in [0, 0.05) is 32.3 Å². The molecular weight excluding hydrogens is 346 g/mol. The molecule has 5 heteroatoms. The van der Waals surface area contributed by atoms with Gasteiger partial charge in [-0.15, -0.1) is 0 Å². The number of hydrogen-bond acceptors (Lipinski definition) is 2. The van der Waals surface area contributed by atoms with Crippen molar-refractivity contribution in [3.8, 4) is 0 Å². The molecule has 1 atom stereocenters. The molecule has 1 aromatic heterocycles. The molecule has 146 valence electrons. The molecule has 5 nitrogen and oxygen atoms in total. The third-order valence-corrected chi connectivity index (χ3v) is 4.78. The summed E-state index contributed by atoms with van der Waals surface area (Å²) in [5.41, 5.74) is 3.76. The zero-order valence-electron chi connectivity index (χ0n) is 16.7. The second kappa shape index (κ2) is 10.3. The number of aliphatic imine (C=N–C) groups is 1. The SMILES string of the molecule is CCNC(=NCc1ccnn1C)NCC(Cc1ccccc1)c1ccccc1. The van der Waals surface area contributed by atoms with Crippen molar-refractivity contribution in [1.29, 1.82) is 0 Å². The van der Waals surface area contributed by atoms with E-state index in [4.69, 9.17) is 4.99 Å². The maximum atomic E-state index is 4.72. The van der Waals surface area contributed by atoms with E-state index in [9.17, 15) is 0 Å². The van der Waals surface area contributed by atoms with Gasteiger partial charge in [0.05, 0.1) is 12.2 Å². The summed E-state index contributed by atoms with van der Waals surface area (Å²) in [6.45, 7) is 4.32. The topological polar surface area (TPSA) is 54.2 Å². The molecule has 1 heterocycles. The van der Waals surface area contributed by atoms with Crippen LogP contribution in [0.5, 0.6) is 0 Å². The molecule has 3 aromatic rings. The molecule has 0 fully saturated rings. The van der Waals surface area contributed by atoms with E-state index in [0.29, 0.717) is 12.5 Å². The van der Waals surface area contributed by atoms with Crippen LogP contribution in [0.25, 0.3) is 0 Å². The monoisotopic (exact) mass is 375 g/mol. The van der Waals surface area contributed by atoms with Gasteiger partial charge in [0.1, 0.15) is 0 Å². The van der Waals surface area contributed by atoms with Gasteiger partial charge in [-0.1, -0.05) is 60.7 Å². The van der Waals surface area contributed by atoms with Crippen LogP contribution in [-0.2, 0) is 20.0 Å². The van der Waals surface area contributed by atoms with Crippen LogP contribution in [0.2, 0.25) is 0 Å². The van der Waals surface area contributed by atoms with Gasteiger partial charge >= 0.3 is 0 Å². The van der Waals surface area contributed by atoms with Crippen LogP contribution in [0.4, 0.5) is 0 Å². The highest BCUT2D eigenvalue weighted by atomic mass is 15.3.